The summed E-state index contributed by atoms with van der Waals surface area (Å²) in [5.74, 6) is 0.451. The van der Waals surface area contributed by atoms with E-state index in [9.17, 15) is 4.79 Å². The molecular formula is C12H13N7O2. The van der Waals surface area contributed by atoms with Crippen LogP contribution in [0.25, 0.3) is 10.9 Å². The Hall–Kier alpha value is -2.94. The van der Waals surface area contributed by atoms with Gasteiger partial charge < -0.3 is 5.32 Å². The highest BCUT2D eigenvalue weighted by Gasteiger charge is 2.01. The second-order valence-corrected chi connectivity index (χ2v) is 4.18. The van der Waals surface area contributed by atoms with Crippen LogP contribution in [0.3, 0.4) is 0 Å². The van der Waals surface area contributed by atoms with Gasteiger partial charge >= 0.3 is 0 Å². The SMILES string of the molecule is O=c1[nH][nH]c2cc(NOCCNc3nccnn3)ccc12. The van der Waals surface area contributed by atoms with Gasteiger partial charge in [0.2, 0.25) is 5.95 Å². The predicted octanol–water partition coefficient (Wildman–Crippen LogP) is 0.497. The first-order chi connectivity index (χ1) is 10.3. The molecule has 0 atom stereocenters. The molecule has 9 nitrogen and oxygen atoms in total. The Morgan fingerprint density at radius 1 is 1.24 bits per heavy atom. The second kappa shape index (κ2) is 6.01. The minimum atomic E-state index is -0.141. The summed E-state index contributed by atoms with van der Waals surface area (Å²) in [5.41, 5.74) is 4.12. The van der Waals surface area contributed by atoms with E-state index in [0.29, 0.717) is 24.5 Å². The van der Waals surface area contributed by atoms with Gasteiger partial charge in [-0.05, 0) is 18.2 Å². The first-order valence-corrected chi connectivity index (χ1v) is 6.29. The fraction of sp³-hybridized carbons (Fsp3) is 0.167. The molecule has 2 heterocycles. The predicted molar refractivity (Wildman–Crippen MR) is 76.8 cm³/mol. The molecule has 0 saturated heterocycles. The minimum absolute atomic E-state index is 0.141. The van der Waals surface area contributed by atoms with Crippen LogP contribution in [-0.4, -0.2) is 38.5 Å². The molecule has 0 fully saturated rings. The van der Waals surface area contributed by atoms with Crippen molar-refractivity contribution in [2.45, 2.75) is 0 Å². The smallest absolute Gasteiger partial charge is 0.271 e. The average molecular weight is 287 g/mol. The number of nitrogens with one attached hydrogen (secondary N) is 4. The molecule has 9 heteroatoms. The zero-order chi connectivity index (χ0) is 14.5. The zero-order valence-electron chi connectivity index (χ0n) is 11.0. The number of aromatic amines is 2. The Bertz CT molecular complexity index is 768. The average Bonchev–Trinajstić information content (AvgIpc) is 2.89. The maximum atomic E-state index is 11.4. The molecule has 4 N–H and O–H groups in total. The molecule has 108 valence electrons. The summed E-state index contributed by atoms with van der Waals surface area (Å²) < 4.78 is 0. The number of aromatic nitrogens is 5. The van der Waals surface area contributed by atoms with Gasteiger partial charge in [0.25, 0.3) is 5.56 Å². The molecule has 0 amide bonds. The van der Waals surface area contributed by atoms with Gasteiger partial charge in [0.1, 0.15) is 0 Å². The summed E-state index contributed by atoms with van der Waals surface area (Å²) in [6.07, 6.45) is 3.06. The topological polar surface area (TPSA) is 121 Å². The quantitative estimate of drug-likeness (QED) is 0.385. The van der Waals surface area contributed by atoms with Crippen LogP contribution in [0.15, 0.2) is 35.4 Å². The van der Waals surface area contributed by atoms with Crippen molar-refractivity contribution in [3.63, 3.8) is 0 Å². The molecule has 0 bridgehead atoms. The highest BCUT2D eigenvalue weighted by atomic mass is 16.6. The summed E-state index contributed by atoms with van der Waals surface area (Å²) in [6, 6.07) is 5.27. The number of H-pyrrole nitrogens is 2. The maximum Gasteiger partial charge on any atom is 0.271 e. The van der Waals surface area contributed by atoms with Crippen LogP contribution < -0.4 is 16.4 Å². The van der Waals surface area contributed by atoms with Crippen LogP contribution in [-0.2, 0) is 4.84 Å². The molecule has 0 radical (unpaired) electrons. The van der Waals surface area contributed by atoms with Crippen LogP contribution >= 0.6 is 0 Å². The van der Waals surface area contributed by atoms with Crippen molar-refractivity contribution in [1.29, 1.82) is 0 Å². The fourth-order valence-corrected chi connectivity index (χ4v) is 1.78. The van der Waals surface area contributed by atoms with Gasteiger partial charge in [0.05, 0.1) is 35.6 Å². The van der Waals surface area contributed by atoms with Crippen molar-refractivity contribution in [1.82, 2.24) is 25.4 Å². The number of fused-ring (bicyclic) bond motifs is 1. The van der Waals surface area contributed by atoms with E-state index in [-0.39, 0.29) is 5.56 Å². The van der Waals surface area contributed by atoms with Crippen LogP contribution in [0.1, 0.15) is 0 Å². The largest absolute Gasteiger partial charge is 0.351 e. The van der Waals surface area contributed by atoms with Gasteiger partial charge in [-0.3, -0.25) is 25.3 Å². The summed E-state index contributed by atoms with van der Waals surface area (Å²) in [7, 11) is 0. The molecular weight excluding hydrogens is 274 g/mol. The zero-order valence-corrected chi connectivity index (χ0v) is 11.0. The third-order valence-corrected chi connectivity index (χ3v) is 2.73. The first kappa shape index (κ1) is 13.1. The Labute approximate surface area is 118 Å². The standard InChI is InChI=1S/C12H13N7O2/c20-11-9-2-1-8(7-10(9)16-17-11)19-21-6-5-14-12-13-3-4-15-18-12/h1-4,7,19H,5-6H2,(H,13,14,18)(H2,16,17,20). The van der Waals surface area contributed by atoms with Gasteiger partial charge in [0, 0.05) is 6.54 Å². The van der Waals surface area contributed by atoms with E-state index < -0.39 is 0 Å². The molecule has 1 aromatic carbocycles. The van der Waals surface area contributed by atoms with Crippen LogP contribution in [0.4, 0.5) is 11.6 Å². The Morgan fingerprint density at radius 2 is 2.19 bits per heavy atom. The van der Waals surface area contributed by atoms with E-state index in [1.807, 2.05) is 0 Å². The fourth-order valence-electron chi connectivity index (χ4n) is 1.78. The summed E-state index contributed by atoms with van der Waals surface area (Å²) in [6.45, 7) is 0.932. The highest BCUT2D eigenvalue weighted by Crippen LogP contribution is 2.13. The molecule has 2 aromatic heterocycles. The lowest BCUT2D eigenvalue weighted by Crippen LogP contribution is -2.14. The molecule has 0 spiro atoms. The Morgan fingerprint density at radius 3 is 3.05 bits per heavy atom. The molecule has 3 aromatic rings. The molecule has 21 heavy (non-hydrogen) atoms. The summed E-state index contributed by atoms with van der Waals surface area (Å²) in [4.78, 5) is 20.6. The number of hydrogen-bond donors (Lipinski definition) is 4. The number of anilines is 2. The van der Waals surface area contributed by atoms with Crippen LogP contribution in [0.2, 0.25) is 0 Å². The second-order valence-electron chi connectivity index (χ2n) is 4.18. The van der Waals surface area contributed by atoms with E-state index in [2.05, 4.69) is 36.2 Å². The molecule has 3 rings (SSSR count). The number of nitrogens with zero attached hydrogens (tertiary/aromatic N) is 3. The van der Waals surface area contributed by atoms with Crippen LogP contribution in [0.5, 0.6) is 0 Å². The Kier molecular flexibility index (Phi) is 3.74. The monoisotopic (exact) mass is 287 g/mol. The molecule has 0 aliphatic heterocycles. The third kappa shape index (κ3) is 3.15. The van der Waals surface area contributed by atoms with Crippen molar-refractivity contribution < 1.29 is 4.84 Å². The van der Waals surface area contributed by atoms with Gasteiger partial charge in [-0.25, -0.2) is 4.98 Å². The van der Waals surface area contributed by atoms with Gasteiger partial charge in [-0.2, -0.15) is 5.10 Å². The van der Waals surface area contributed by atoms with E-state index >= 15 is 0 Å². The van der Waals surface area contributed by atoms with E-state index in [4.69, 9.17) is 4.84 Å². The summed E-state index contributed by atoms with van der Waals surface area (Å²) >= 11 is 0. The lowest BCUT2D eigenvalue weighted by Gasteiger charge is -2.07. The summed E-state index contributed by atoms with van der Waals surface area (Å²) in [5, 5.41) is 16.4. The van der Waals surface area contributed by atoms with E-state index in [0.717, 1.165) is 11.2 Å². The van der Waals surface area contributed by atoms with Gasteiger partial charge in [0.15, 0.2) is 0 Å². The first-order valence-electron chi connectivity index (χ1n) is 6.29. The van der Waals surface area contributed by atoms with Crippen molar-refractivity contribution in [3.05, 3.63) is 40.9 Å². The molecule has 0 aliphatic rings. The molecule has 0 aliphatic carbocycles. The minimum Gasteiger partial charge on any atom is -0.351 e. The maximum absolute atomic E-state index is 11.4. The molecule has 0 unspecified atom stereocenters. The van der Waals surface area contributed by atoms with Crippen molar-refractivity contribution in [3.8, 4) is 0 Å². The number of hydrogen-bond acceptors (Lipinski definition) is 7. The molecule has 0 saturated carbocycles. The third-order valence-electron chi connectivity index (χ3n) is 2.73. The van der Waals surface area contributed by atoms with Crippen LogP contribution in [0, 0.1) is 0 Å². The lowest BCUT2D eigenvalue weighted by atomic mass is 10.2. The Balaban J connectivity index is 1.47. The van der Waals surface area contributed by atoms with Crippen molar-refractivity contribution in [2.75, 3.05) is 23.9 Å². The number of rotatable bonds is 6. The van der Waals surface area contributed by atoms with Crippen molar-refractivity contribution >= 4 is 22.5 Å². The van der Waals surface area contributed by atoms with Crippen molar-refractivity contribution in [2.24, 2.45) is 0 Å². The van der Waals surface area contributed by atoms with Gasteiger partial charge in [-0.15, -0.1) is 5.10 Å². The van der Waals surface area contributed by atoms with E-state index in [1.54, 1.807) is 24.4 Å². The normalized spacial score (nSPS) is 10.7. The number of benzene rings is 1. The highest BCUT2D eigenvalue weighted by molar-refractivity contribution is 5.81. The van der Waals surface area contributed by atoms with Gasteiger partial charge in [-0.1, -0.05) is 0 Å². The lowest BCUT2D eigenvalue weighted by molar-refractivity contribution is 0.205. The van der Waals surface area contributed by atoms with E-state index in [1.165, 1.54) is 6.20 Å².